The van der Waals surface area contributed by atoms with Gasteiger partial charge in [-0.25, -0.2) is 8.78 Å². The highest BCUT2D eigenvalue weighted by Gasteiger charge is 2.62. The maximum atomic E-state index is 14.3. The van der Waals surface area contributed by atoms with Crippen LogP contribution in [0.15, 0.2) is 30.3 Å². The van der Waals surface area contributed by atoms with Crippen molar-refractivity contribution in [3.63, 3.8) is 0 Å². The quantitative estimate of drug-likeness (QED) is 0.916. The molecule has 0 radical (unpaired) electrons. The molecule has 23 heavy (non-hydrogen) atoms. The Labute approximate surface area is 133 Å². The van der Waals surface area contributed by atoms with Crippen molar-refractivity contribution in [2.45, 2.75) is 56.8 Å². The molecule has 0 saturated carbocycles. The van der Waals surface area contributed by atoms with E-state index in [0.717, 1.165) is 5.56 Å². The van der Waals surface area contributed by atoms with E-state index in [1.807, 2.05) is 30.3 Å². The van der Waals surface area contributed by atoms with Gasteiger partial charge in [0.1, 0.15) is 6.10 Å². The van der Waals surface area contributed by atoms with Gasteiger partial charge >= 0.3 is 5.92 Å². The number of fused-ring (bicyclic) bond motifs is 1. The number of rotatable bonds is 4. The van der Waals surface area contributed by atoms with E-state index in [-0.39, 0.29) is 13.2 Å². The Hall–Kier alpha value is -1.12. The molecule has 2 aliphatic heterocycles. The fourth-order valence-corrected chi connectivity index (χ4v) is 2.75. The summed E-state index contributed by atoms with van der Waals surface area (Å²) >= 11 is 0. The molecule has 0 unspecified atom stereocenters. The second kappa shape index (κ2) is 6.07. The summed E-state index contributed by atoms with van der Waals surface area (Å²) in [5.41, 5.74) is 0.867. The number of ether oxygens (including phenoxy) is 4. The van der Waals surface area contributed by atoms with Crippen molar-refractivity contribution in [1.82, 2.24) is 0 Å². The average molecular weight is 330 g/mol. The molecule has 1 aromatic carbocycles. The molecule has 1 aromatic rings. The van der Waals surface area contributed by atoms with Crippen LogP contribution in [0, 0.1) is 0 Å². The molecule has 0 bridgehead atoms. The van der Waals surface area contributed by atoms with Gasteiger partial charge < -0.3 is 24.1 Å². The zero-order valence-corrected chi connectivity index (χ0v) is 12.9. The van der Waals surface area contributed by atoms with Gasteiger partial charge in [-0.05, 0) is 19.4 Å². The maximum Gasteiger partial charge on any atom is 0.304 e. The van der Waals surface area contributed by atoms with Crippen molar-refractivity contribution in [1.29, 1.82) is 0 Å². The first kappa shape index (κ1) is 16.7. The SMILES string of the molecule is CC1(C)O[C@H]2O[C@H](COCc3ccccc3)C(F)(F)[C@H](O)[C@H]2O1. The summed E-state index contributed by atoms with van der Waals surface area (Å²) in [4.78, 5) is 0. The maximum absolute atomic E-state index is 14.3. The van der Waals surface area contributed by atoms with E-state index in [2.05, 4.69) is 0 Å². The Morgan fingerprint density at radius 3 is 2.57 bits per heavy atom. The van der Waals surface area contributed by atoms with Gasteiger partial charge in [0.25, 0.3) is 0 Å². The van der Waals surface area contributed by atoms with E-state index in [1.54, 1.807) is 13.8 Å². The molecular weight excluding hydrogens is 310 g/mol. The molecule has 128 valence electrons. The lowest BCUT2D eigenvalue weighted by Crippen LogP contribution is -2.61. The first-order chi connectivity index (χ1) is 10.8. The van der Waals surface area contributed by atoms with Crippen molar-refractivity contribution in [2.24, 2.45) is 0 Å². The van der Waals surface area contributed by atoms with Crippen LogP contribution in [0.3, 0.4) is 0 Å². The van der Waals surface area contributed by atoms with Crippen molar-refractivity contribution in [3.8, 4) is 0 Å². The van der Waals surface area contributed by atoms with Gasteiger partial charge in [0.05, 0.1) is 13.2 Å². The molecular formula is C16H20F2O5. The van der Waals surface area contributed by atoms with Crippen LogP contribution in [0.4, 0.5) is 8.78 Å². The molecule has 1 N–H and O–H groups in total. The number of halogens is 2. The average Bonchev–Trinajstić information content (AvgIpc) is 2.80. The molecule has 2 aliphatic rings. The minimum Gasteiger partial charge on any atom is -0.384 e. The smallest absolute Gasteiger partial charge is 0.304 e. The van der Waals surface area contributed by atoms with E-state index in [1.165, 1.54) is 0 Å². The molecule has 0 aliphatic carbocycles. The zero-order valence-electron chi connectivity index (χ0n) is 12.9. The van der Waals surface area contributed by atoms with Gasteiger partial charge in [0.2, 0.25) is 0 Å². The lowest BCUT2D eigenvalue weighted by Gasteiger charge is -2.40. The van der Waals surface area contributed by atoms with Gasteiger partial charge in [-0.1, -0.05) is 30.3 Å². The van der Waals surface area contributed by atoms with Crippen LogP contribution < -0.4 is 0 Å². The van der Waals surface area contributed by atoms with E-state index in [4.69, 9.17) is 18.9 Å². The van der Waals surface area contributed by atoms with Gasteiger partial charge in [0, 0.05) is 0 Å². The van der Waals surface area contributed by atoms with Crippen LogP contribution in [0.5, 0.6) is 0 Å². The predicted octanol–water partition coefficient (Wildman–Crippen LogP) is 2.08. The van der Waals surface area contributed by atoms with Gasteiger partial charge in [-0.3, -0.25) is 0 Å². The van der Waals surface area contributed by atoms with Crippen LogP contribution in [-0.4, -0.2) is 48.0 Å². The third kappa shape index (κ3) is 3.39. The standard InChI is InChI=1S/C16H20F2O5/c1-15(2)22-12-13(19)16(17,18)11(21-14(12)23-15)9-20-8-10-6-4-3-5-7-10/h3-7,11-14,19H,8-9H2,1-2H3/t11-,12-,13-,14-/m1/s1. The number of hydrogen-bond donors (Lipinski definition) is 1. The second-order valence-corrected chi connectivity index (χ2v) is 6.21. The Balaban J connectivity index is 1.63. The fourth-order valence-electron chi connectivity index (χ4n) is 2.75. The predicted molar refractivity (Wildman–Crippen MR) is 75.7 cm³/mol. The first-order valence-electron chi connectivity index (χ1n) is 7.48. The van der Waals surface area contributed by atoms with Gasteiger partial charge in [0.15, 0.2) is 24.3 Å². The minimum atomic E-state index is -3.48. The zero-order chi connectivity index (χ0) is 16.7. The lowest BCUT2D eigenvalue weighted by molar-refractivity contribution is -0.312. The summed E-state index contributed by atoms with van der Waals surface area (Å²) in [5, 5.41) is 9.94. The highest BCUT2D eigenvalue weighted by Crippen LogP contribution is 2.42. The molecule has 0 aromatic heterocycles. The van der Waals surface area contributed by atoms with E-state index in [0.29, 0.717) is 0 Å². The number of hydrogen-bond acceptors (Lipinski definition) is 5. The van der Waals surface area contributed by atoms with Crippen molar-refractivity contribution in [2.75, 3.05) is 6.61 Å². The van der Waals surface area contributed by atoms with E-state index >= 15 is 0 Å². The Morgan fingerprint density at radius 2 is 1.87 bits per heavy atom. The molecule has 4 atom stereocenters. The number of alkyl halides is 2. The summed E-state index contributed by atoms with van der Waals surface area (Å²) in [6.07, 6.45) is -5.86. The summed E-state index contributed by atoms with van der Waals surface area (Å²) < 4.78 is 49.9. The normalized spacial score (nSPS) is 35.0. The van der Waals surface area contributed by atoms with E-state index in [9.17, 15) is 13.9 Å². The first-order valence-corrected chi connectivity index (χ1v) is 7.48. The second-order valence-electron chi connectivity index (χ2n) is 6.21. The summed E-state index contributed by atoms with van der Waals surface area (Å²) in [7, 11) is 0. The summed E-state index contributed by atoms with van der Waals surface area (Å²) in [6.45, 7) is 3.00. The highest BCUT2D eigenvalue weighted by molar-refractivity contribution is 5.13. The van der Waals surface area contributed by atoms with Crippen molar-refractivity contribution >= 4 is 0 Å². The van der Waals surface area contributed by atoms with Crippen LogP contribution >= 0.6 is 0 Å². The molecule has 0 amide bonds. The van der Waals surface area contributed by atoms with Crippen molar-refractivity contribution < 1.29 is 32.8 Å². The topological polar surface area (TPSA) is 57.2 Å². The third-order valence-electron chi connectivity index (χ3n) is 3.90. The minimum absolute atomic E-state index is 0.184. The van der Waals surface area contributed by atoms with Crippen molar-refractivity contribution in [3.05, 3.63) is 35.9 Å². The molecule has 2 heterocycles. The van der Waals surface area contributed by atoms with E-state index < -0.39 is 36.3 Å². The summed E-state index contributed by atoms with van der Waals surface area (Å²) in [5.74, 6) is -4.56. The Morgan fingerprint density at radius 1 is 1.17 bits per heavy atom. The summed E-state index contributed by atoms with van der Waals surface area (Å²) in [6, 6.07) is 9.20. The monoisotopic (exact) mass is 330 g/mol. The molecule has 2 fully saturated rings. The van der Waals surface area contributed by atoms with Crippen LogP contribution in [0.2, 0.25) is 0 Å². The molecule has 3 rings (SSSR count). The van der Waals surface area contributed by atoms with Gasteiger partial charge in [-0.15, -0.1) is 0 Å². The van der Waals surface area contributed by atoms with Crippen LogP contribution in [0.25, 0.3) is 0 Å². The molecule has 2 saturated heterocycles. The Bertz CT molecular complexity index is 537. The lowest BCUT2D eigenvalue weighted by atomic mass is 9.98. The van der Waals surface area contributed by atoms with Gasteiger partial charge in [-0.2, -0.15) is 0 Å². The number of aliphatic hydroxyl groups excluding tert-OH is 1. The highest BCUT2D eigenvalue weighted by atomic mass is 19.3. The Kier molecular flexibility index (Phi) is 4.41. The largest absolute Gasteiger partial charge is 0.384 e. The third-order valence-corrected chi connectivity index (χ3v) is 3.90. The molecule has 0 spiro atoms. The van der Waals surface area contributed by atoms with Crippen LogP contribution in [-0.2, 0) is 25.6 Å². The number of aliphatic hydroxyl groups is 1. The number of benzene rings is 1. The fraction of sp³-hybridized carbons (Fsp3) is 0.625. The molecule has 5 nitrogen and oxygen atoms in total. The van der Waals surface area contributed by atoms with Crippen LogP contribution in [0.1, 0.15) is 19.4 Å². The molecule has 7 heteroatoms.